The number of hydrogen-bond donors (Lipinski definition) is 2. The molecule has 0 amide bonds. The molecule has 0 radical (unpaired) electrons. The predicted octanol–water partition coefficient (Wildman–Crippen LogP) is 0.928. The average Bonchev–Trinajstić information content (AvgIpc) is 2.55. The summed E-state index contributed by atoms with van der Waals surface area (Å²) in [4.78, 5) is 10.4. The standard InChI is InChI=1S/C9H16N4O2S/c1-5(2)6(3)8-11-12-9(13(8)10)16-4-7(14)15/h5-6H,4,10H2,1-3H3,(H,14,15). The highest BCUT2D eigenvalue weighted by atomic mass is 32.2. The minimum absolute atomic E-state index is 0.0641. The van der Waals surface area contributed by atoms with Crippen LogP contribution in [0.15, 0.2) is 5.16 Å². The van der Waals surface area contributed by atoms with Gasteiger partial charge in [-0.05, 0) is 5.92 Å². The van der Waals surface area contributed by atoms with Crippen LogP contribution in [0.3, 0.4) is 0 Å². The largest absolute Gasteiger partial charge is 0.481 e. The molecule has 1 atom stereocenters. The lowest BCUT2D eigenvalue weighted by Gasteiger charge is -2.13. The third kappa shape index (κ3) is 2.88. The van der Waals surface area contributed by atoms with Crippen molar-refractivity contribution < 1.29 is 9.90 Å². The van der Waals surface area contributed by atoms with Gasteiger partial charge in [-0.3, -0.25) is 4.79 Å². The van der Waals surface area contributed by atoms with Gasteiger partial charge in [0.2, 0.25) is 5.16 Å². The van der Waals surface area contributed by atoms with Gasteiger partial charge < -0.3 is 10.9 Å². The maximum Gasteiger partial charge on any atom is 0.313 e. The average molecular weight is 244 g/mol. The zero-order valence-electron chi connectivity index (χ0n) is 9.54. The summed E-state index contributed by atoms with van der Waals surface area (Å²) in [5.41, 5.74) is 0. The van der Waals surface area contributed by atoms with Gasteiger partial charge in [-0.1, -0.05) is 32.5 Å². The summed E-state index contributed by atoms with van der Waals surface area (Å²) in [5.74, 6) is 6.13. The van der Waals surface area contributed by atoms with Crippen molar-refractivity contribution in [3.8, 4) is 0 Å². The number of nitrogens with zero attached hydrogens (tertiary/aromatic N) is 3. The molecule has 6 nitrogen and oxygen atoms in total. The molecule has 3 N–H and O–H groups in total. The van der Waals surface area contributed by atoms with Gasteiger partial charge in [-0.25, -0.2) is 4.68 Å². The highest BCUT2D eigenvalue weighted by Gasteiger charge is 2.19. The molecule has 90 valence electrons. The summed E-state index contributed by atoms with van der Waals surface area (Å²) in [6.07, 6.45) is 0. The summed E-state index contributed by atoms with van der Waals surface area (Å²) >= 11 is 1.07. The van der Waals surface area contributed by atoms with E-state index in [9.17, 15) is 4.79 Å². The van der Waals surface area contributed by atoms with Crippen LogP contribution >= 0.6 is 11.8 Å². The SMILES string of the molecule is CC(C)C(C)c1nnc(SCC(=O)O)n1N. The molecule has 0 aliphatic rings. The first-order valence-corrected chi connectivity index (χ1v) is 5.97. The Morgan fingerprint density at radius 3 is 2.62 bits per heavy atom. The molecule has 0 fully saturated rings. The number of aromatic nitrogens is 3. The molecule has 1 unspecified atom stereocenters. The number of carbonyl (C=O) groups is 1. The summed E-state index contributed by atoms with van der Waals surface area (Å²) < 4.78 is 1.37. The Hall–Kier alpha value is -1.24. The number of nitrogen functional groups attached to an aromatic ring is 1. The van der Waals surface area contributed by atoms with Crippen molar-refractivity contribution >= 4 is 17.7 Å². The van der Waals surface area contributed by atoms with Gasteiger partial charge in [0.05, 0.1) is 5.75 Å². The van der Waals surface area contributed by atoms with E-state index in [-0.39, 0.29) is 11.7 Å². The summed E-state index contributed by atoms with van der Waals surface area (Å²) in [6, 6.07) is 0. The second kappa shape index (κ2) is 5.20. The fourth-order valence-corrected chi connectivity index (χ4v) is 1.71. The van der Waals surface area contributed by atoms with E-state index in [1.807, 2.05) is 6.92 Å². The monoisotopic (exact) mass is 244 g/mol. The van der Waals surface area contributed by atoms with E-state index in [1.54, 1.807) is 0 Å². The highest BCUT2D eigenvalue weighted by Crippen LogP contribution is 2.23. The van der Waals surface area contributed by atoms with E-state index in [2.05, 4.69) is 24.0 Å². The Bertz CT molecular complexity index is 378. The van der Waals surface area contributed by atoms with Crippen LogP contribution in [0.2, 0.25) is 0 Å². The van der Waals surface area contributed by atoms with Crippen molar-refractivity contribution in [2.45, 2.75) is 31.8 Å². The van der Waals surface area contributed by atoms with Gasteiger partial charge in [0.15, 0.2) is 5.82 Å². The maximum absolute atomic E-state index is 10.4. The van der Waals surface area contributed by atoms with Crippen molar-refractivity contribution in [2.24, 2.45) is 5.92 Å². The van der Waals surface area contributed by atoms with E-state index < -0.39 is 5.97 Å². The van der Waals surface area contributed by atoms with Gasteiger partial charge in [-0.15, -0.1) is 10.2 Å². The fourth-order valence-electron chi connectivity index (χ4n) is 1.12. The van der Waals surface area contributed by atoms with E-state index >= 15 is 0 Å². The van der Waals surface area contributed by atoms with Crippen LogP contribution in [0.25, 0.3) is 0 Å². The van der Waals surface area contributed by atoms with Gasteiger partial charge in [-0.2, -0.15) is 0 Å². The van der Waals surface area contributed by atoms with Crippen molar-refractivity contribution in [3.05, 3.63) is 5.82 Å². The molecule has 1 aromatic rings. The number of aliphatic carboxylic acids is 1. The Labute approximate surface area is 98.2 Å². The number of thioether (sulfide) groups is 1. The molecule has 0 saturated heterocycles. The first kappa shape index (κ1) is 12.8. The Morgan fingerprint density at radius 2 is 2.12 bits per heavy atom. The molecular weight excluding hydrogens is 228 g/mol. The van der Waals surface area contributed by atoms with Crippen LogP contribution in [-0.2, 0) is 4.79 Å². The van der Waals surface area contributed by atoms with Crippen molar-refractivity contribution in [2.75, 3.05) is 11.6 Å². The lowest BCUT2D eigenvalue weighted by atomic mass is 9.98. The Balaban J connectivity index is 2.80. The quantitative estimate of drug-likeness (QED) is 0.591. The minimum Gasteiger partial charge on any atom is -0.481 e. The number of carboxylic acid groups (broad SMARTS) is 1. The molecule has 7 heteroatoms. The van der Waals surface area contributed by atoms with Gasteiger partial charge in [0.1, 0.15) is 0 Å². The molecule has 0 spiro atoms. The zero-order chi connectivity index (χ0) is 12.3. The smallest absolute Gasteiger partial charge is 0.313 e. The van der Waals surface area contributed by atoms with E-state index in [0.717, 1.165) is 11.8 Å². The van der Waals surface area contributed by atoms with Crippen molar-refractivity contribution in [3.63, 3.8) is 0 Å². The third-order valence-corrected chi connectivity index (χ3v) is 3.35. The van der Waals surface area contributed by atoms with E-state index in [0.29, 0.717) is 16.9 Å². The second-order valence-electron chi connectivity index (χ2n) is 3.93. The first-order chi connectivity index (χ1) is 7.43. The molecule has 1 rings (SSSR count). The van der Waals surface area contributed by atoms with E-state index in [1.165, 1.54) is 4.68 Å². The summed E-state index contributed by atoms with van der Waals surface area (Å²) in [5, 5.41) is 16.9. The zero-order valence-corrected chi connectivity index (χ0v) is 10.4. The molecule has 1 aromatic heterocycles. The van der Waals surface area contributed by atoms with Crippen molar-refractivity contribution in [1.82, 2.24) is 14.9 Å². The number of hydrogen-bond acceptors (Lipinski definition) is 5. The highest BCUT2D eigenvalue weighted by molar-refractivity contribution is 7.99. The summed E-state index contributed by atoms with van der Waals surface area (Å²) in [7, 11) is 0. The topological polar surface area (TPSA) is 94.0 Å². The lowest BCUT2D eigenvalue weighted by molar-refractivity contribution is -0.133. The Kier molecular flexibility index (Phi) is 4.17. The first-order valence-electron chi connectivity index (χ1n) is 4.98. The molecular formula is C9H16N4O2S. The molecule has 16 heavy (non-hydrogen) atoms. The maximum atomic E-state index is 10.4. The second-order valence-corrected chi connectivity index (χ2v) is 4.87. The van der Waals surface area contributed by atoms with E-state index in [4.69, 9.17) is 10.9 Å². The number of nitrogens with two attached hydrogens (primary N) is 1. The van der Waals surface area contributed by atoms with Crippen LogP contribution in [0.4, 0.5) is 0 Å². The van der Waals surface area contributed by atoms with Gasteiger partial charge in [0, 0.05) is 5.92 Å². The fraction of sp³-hybridized carbons (Fsp3) is 0.667. The third-order valence-electron chi connectivity index (χ3n) is 2.42. The van der Waals surface area contributed by atoms with Crippen molar-refractivity contribution in [1.29, 1.82) is 0 Å². The van der Waals surface area contributed by atoms with Crippen LogP contribution < -0.4 is 5.84 Å². The van der Waals surface area contributed by atoms with Crippen LogP contribution in [0.5, 0.6) is 0 Å². The molecule has 1 heterocycles. The summed E-state index contributed by atoms with van der Waals surface area (Å²) in [6.45, 7) is 6.16. The molecule has 0 aliphatic heterocycles. The van der Waals surface area contributed by atoms with Crippen LogP contribution in [0, 0.1) is 5.92 Å². The number of rotatable bonds is 5. The number of carboxylic acids is 1. The predicted molar refractivity (Wildman–Crippen MR) is 61.8 cm³/mol. The van der Waals surface area contributed by atoms with Crippen LogP contribution in [0.1, 0.15) is 32.5 Å². The van der Waals surface area contributed by atoms with Crippen LogP contribution in [-0.4, -0.2) is 31.7 Å². The normalized spacial score (nSPS) is 13.0. The Morgan fingerprint density at radius 1 is 1.50 bits per heavy atom. The molecule has 0 saturated carbocycles. The van der Waals surface area contributed by atoms with Gasteiger partial charge in [0.25, 0.3) is 0 Å². The molecule has 0 aromatic carbocycles. The lowest BCUT2D eigenvalue weighted by Crippen LogP contribution is -2.18. The molecule has 0 bridgehead atoms. The molecule has 0 aliphatic carbocycles. The van der Waals surface area contributed by atoms with Gasteiger partial charge >= 0.3 is 5.97 Å². The minimum atomic E-state index is -0.897.